The van der Waals surface area contributed by atoms with Gasteiger partial charge in [-0.15, -0.1) is 4.40 Å². The van der Waals surface area contributed by atoms with E-state index in [-0.39, 0.29) is 16.5 Å². The molecule has 0 saturated carbocycles. The van der Waals surface area contributed by atoms with Crippen LogP contribution in [0, 0.1) is 0 Å². The molecule has 1 aliphatic heterocycles. The van der Waals surface area contributed by atoms with E-state index < -0.39 is 16.4 Å². The van der Waals surface area contributed by atoms with Crippen molar-refractivity contribution < 1.29 is 17.5 Å². The van der Waals surface area contributed by atoms with Crippen molar-refractivity contribution in [3.63, 3.8) is 0 Å². The fraction of sp³-hybridized carbons (Fsp3) is 0.364. The van der Waals surface area contributed by atoms with Gasteiger partial charge in [0.1, 0.15) is 10.6 Å². The third-order valence-corrected chi connectivity index (χ3v) is 3.72. The van der Waals surface area contributed by atoms with Crippen molar-refractivity contribution in [1.29, 1.82) is 0 Å². The first-order valence-corrected chi connectivity index (χ1v) is 6.73. The van der Waals surface area contributed by atoms with E-state index in [1.165, 1.54) is 25.1 Å². The van der Waals surface area contributed by atoms with Crippen molar-refractivity contribution in [3.05, 3.63) is 23.8 Å². The number of rotatable bonds is 2. The Hall–Kier alpha value is -1.63. The molecule has 0 saturated heterocycles. The monoisotopic (exact) mass is 272 g/mol. The van der Waals surface area contributed by atoms with E-state index >= 15 is 0 Å². The van der Waals surface area contributed by atoms with Crippen LogP contribution in [0.15, 0.2) is 27.5 Å². The molecular formula is C11H13FN2O3S. The van der Waals surface area contributed by atoms with E-state index in [1.54, 1.807) is 19.0 Å². The van der Waals surface area contributed by atoms with Gasteiger partial charge in [-0.3, -0.25) is 0 Å². The number of hydrogen-bond donors (Lipinski definition) is 0. The predicted octanol–water partition coefficient (Wildman–Crippen LogP) is 1.39. The molecule has 18 heavy (non-hydrogen) atoms. The molecule has 0 fully saturated rings. The minimum Gasteiger partial charge on any atom is -0.460 e. The minimum atomic E-state index is -3.71. The van der Waals surface area contributed by atoms with Gasteiger partial charge in [0, 0.05) is 21.0 Å². The molecular weight excluding hydrogens is 259 g/mol. The number of fused-ring (bicyclic) bond motifs is 1. The van der Waals surface area contributed by atoms with Crippen molar-refractivity contribution in [2.75, 3.05) is 14.1 Å². The molecule has 0 spiro atoms. The zero-order valence-electron chi connectivity index (χ0n) is 10.2. The van der Waals surface area contributed by atoms with Crippen LogP contribution in [0.2, 0.25) is 0 Å². The molecule has 5 nitrogen and oxygen atoms in total. The second-order valence-electron chi connectivity index (χ2n) is 4.07. The van der Waals surface area contributed by atoms with Crippen LogP contribution >= 0.6 is 0 Å². The number of benzene rings is 1. The maximum atomic E-state index is 13.0. The Morgan fingerprint density at radius 2 is 2.06 bits per heavy atom. The molecule has 98 valence electrons. The number of nitrogens with zero attached hydrogens (tertiary/aromatic N) is 2. The first-order valence-electron chi connectivity index (χ1n) is 5.29. The lowest BCUT2D eigenvalue weighted by Crippen LogP contribution is -2.22. The Morgan fingerprint density at radius 1 is 1.39 bits per heavy atom. The summed E-state index contributed by atoms with van der Waals surface area (Å²) in [4.78, 5) is 1.60. The van der Waals surface area contributed by atoms with Crippen LogP contribution in [0.25, 0.3) is 0 Å². The van der Waals surface area contributed by atoms with E-state index in [1.807, 2.05) is 0 Å². The van der Waals surface area contributed by atoms with Gasteiger partial charge in [-0.1, -0.05) is 6.07 Å². The van der Waals surface area contributed by atoms with Crippen LogP contribution in [0.4, 0.5) is 4.39 Å². The molecule has 0 bridgehead atoms. The summed E-state index contributed by atoms with van der Waals surface area (Å²) in [7, 11) is -0.383. The Bertz CT molecular complexity index is 609. The van der Waals surface area contributed by atoms with Gasteiger partial charge < -0.3 is 9.64 Å². The number of amidine groups is 1. The van der Waals surface area contributed by atoms with Crippen LogP contribution < -0.4 is 4.74 Å². The summed E-state index contributed by atoms with van der Waals surface area (Å²) >= 11 is 0. The molecule has 1 aromatic carbocycles. The standard InChI is InChI=1S/C11H13FN2O3S/c1-7(12)17-8-5-4-6-9-10(8)11(14(2)3)13-18(9,15)16/h4-7H,1-3H3. The lowest BCUT2D eigenvalue weighted by Gasteiger charge is -2.16. The van der Waals surface area contributed by atoms with Crippen LogP contribution in [-0.2, 0) is 10.0 Å². The van der Waals surface area contributed by atoms with Crippen LogP contribution in [0.1, 0.15) is 12.5 Å². The van der Waals surface area contributed by atoms with E-state index in [4.69, 9.17) is 4.74 Å². The maximum Gasteiger partial charge on any atom is 0.285 e. The van der Waals surface area contributed by atoms with Crippen LogP contribution in [-0.4, -0.2) is 39.6 Å². The molecule has 7 heteroatoms. The highest BCUT2D eigenvalue weighted by atomic mass is 32.2. The lowest BCUT2D eigenvalue weighted by molar-refractivity contribution is 0.0855. The molecule has 0 radical (unpaired) electrons. The number of ether oxygens (including phenoxy) is 1. The molecule has 1 unspecified atom stereocenters. The fourth-order valence-corrected chi connectivity index (χ4v) is 3.01. The molecule has 0 aliphatic carbocycles. The minimum absolute atomic E-state index is 0.0457. The molecule has 1 aliphatic rings. The molecule has 1 atom stereocenters. The zero-order valence-corrected chi connectivity index (χ0v) is 11.0. The average Bonchev–Trinajstić information content (AvgIpc) is 2.52. The summed E-state index contributed by atoms with van der Waals surface area (Å²) in [6, 6.07) is 4.46. The lowest BCUT2D eigenvalue weighted by atomic mass is 10.1. The van der Waals surface area contributed by atoms with Gasteiger partial charge in [-0.25, -0.2) is 4.39 Å². The smallest absolute Gasteiger partial charge is 0.285 e. The fourth-order valence-electron chi connectivity index (χ4n) is 1.73. The highest BCUT2D eigenvalue weighted by molar-refractivity contribution is 7.90. The summed E-state index contributed by atoms with van der Waals surface area (Å²) in [6.07, 6.45) is -1.52. The number of alkyl halides is 1. The summed E-state index contributed by atoms with van der Waals surface area (Å²) in [5, 5.41) is 0. The normalized spacial score (nSPS) is 17.9. The molecule has 1 heterocycles. The summed E-state index contributed by atoms with van der Waals surface area (Å²) in [5.41, 5.74) is 0.312. The van der Waals surface area contributed by atoms with E-state index in [0.717, 1.165) is 0 Å². The highest BCUT2D eigenvalue weighted by Gasteiger charge is 2.33. The summed E-state index contributed by atoms with van der Waals surface area (Å²) in [6.45, 7) is 1.23. The van der Waals surface area contributed by atoms with Gasteiger partial charge in [-0.05, 0) is 12.1 Å². The first kappa shape index (κ1) is 12.8. The third kappa shape index (κ3) is 2.05. The summed E-state index contributed by atoms with van der Waals surface area (Å²) < 4.78 is 45.3. The van der Waals surface area contributed by atoms with Crippen LogP contribution in [0.5, 0.6) is 5.75 Å². The predicted molar refractivity (Wildman–Crippen MR) is 65.0 cm³/mol. The van der Waals surface area contributed by atoms with Gasteiger partial charge in [0.2, 0.25) is 6.36 Å². The molecule has 1 aromatic rings. The average molecular weight is 272 g/mol. The Labute approximate surface area is 105 Å². The SMILES string of the molecule is CC(F)Oc1cccc2c1C(N(C)C)=NS2(=O)=O. The van der Waals surface area contributed by atoms with Crippen molar-refractivity contribution in [2.24, 2.45) is 4.40 Å². The van der Waals surface area contributed by atoms with E-state index in [2.05, 4.69) is 4.40 Å². The van der Waals surface area contributed by atoms with Gasteiger partial charge >= 0.3 is 0 Å². The first-order chi connectivity index (χ1) is 8.33. The van der Waals surface area contributed by atoms with Crippen molar-refractivity contribution in [1.82, 2.24) is 4.90 Å². The number of halogens is 1. The number of hydrogen-bond acceptors (Lipinski definition) is 4. The second kappa shape index (κ2) is 4.24. The van der Waals surface area contributed by atoms with Crippen LogP contribution in [0.3, 0.4) is 0 Å². The maximum absolute atomic E-state index is 13.0. The Kier molecular flexibility index (Phi) is 3.02. The molecule has 0 aromatic heterocycles. The van der Waals surface area contributed by atoms with Gasteiger partial charge in [-0.2, -0.15) is 8.42 Å². The zero-order chi connectivity index (χ0) is 13.5. The molecule has 0 amide bonds. The van der Waals surface area contributed by atoms with E-state index in [0.29, 0.717) is 5.56 Å². The summed E-state index contributed by atoms with van der Waals surface area (Å²) in [5.74, 6) is 0.428. The van der Waals surface area contributed by atoms with Gasteiger partial charge in [0.05, 0.1) is 5.56 Å². The van der Waals surface area contributed by atoms with E-state index in [9.17, 15) is 12.8 Å². The number of sulfonamides is 1. The second-order valence-corrected chi connectivity index (χ2v) is 5.65. The van der Waals surface area contributed by atoms with Crippen molar-refractivity contribution in [2.45, 2.75) is 18.2 Å². The Morgan fingerprint density at radius 3 is 2.61 bits per heavy atom. The Balaban J connectivity index is 2.66. The van der Waals surface area contributed by atoms with Gasteiger partial charge in [0.25, 0.3) is 10.0 Å². The largest absolute Gasteiger partial charge is 0.460 e. The van der Waals surface area contributed by atoms with Crippen molar-refractivity contribution in [3.8, 4) is 5.75 Å². The molecule has 2 rings (SSSR count). The molecule has 0 N–H and O–H groups in total. The van der Waals surface area contributed by atoms with Crippen molar-refractivity contribution >= 4 is 15.9 Å². The highest BCUT2D eigenvalue weighted by Crippen LogP contribution is 2.34. The quantitative estimate of drug-likeness (QED) is 0.816. The topological polar surface area (TPSA) is 59.0 Å². The van der Waals surface area contributed by atoms with Gasteiger partial charge in [0.15, 0.2) is 5.84 Å². The third-order valence-electron chi connectivity index (χ3n) is 2.41.